The van der Waals surface area contributed by atoms with Gasteiger partial charge in [0.2, 0.25) is 0 Å². The van der Waals surface area contributed by atoms with Gasteiger partial charge in [0.1, 0.15) is 0 Å². The van der Waals surface area contributed by atoms with E-state index in [1.807, 2.05) is 7.05 Å². The summed E-state index contributed by atoms with van der Waals surface area (Å²) in [6, 6.07) is 13.3. The third kappa shape index (κ3) is 8.62. The Labute approximate surface area is 196 Å². The molecule has 1 aliphatic rings. The molecule has 0 aliphatic carbocycles. The van der Waals surface area contributed by atoms with Gasteiger partial charge in [-0.2, -0.15) is 0 Å². The van der Waals surface area contributed by atoms with E-state index < -0.39 is 0 Å². The van der Waals surface area contributed by atoms with E-state index in [0.717, 1.165) is 38.6 Å². The molecule has 0 unspecified atom stereocenters. The first kappa shape index (κ1) is 24.1. The lowest BCUT2D eigenvalue weighted by atomic mass is 10.1. The van der Waals surface area contributed by atoms with E-state index >= 15 is 0 Å². The molecule has 5 nitrogen and oxygen atoms in total. The van der Waals surface area contributed by atoms with E-state index in [-0.39, 0.29) is 24.0 Å². The van der Waals surface area contributed by atoms with Crippen molar-refractivity contribution in [3.63, 3.8) is 0 Å². The van der Waals surface area contributed by atoms with Gasteiger partial charge >= 0.3 is 0 Å². The van der Waals surface area contributed by atoms with E-state index in [9.17, 15) is 0 Å². The number of benzene rings is 1. The summed E-state index contributed by atoms with van der Waals surface area (Å²) in [4.78, 5) is 10.7. The largest absolute Gasteiger partial charge is 0.356 e. The number of rotatable bonds is 7. The fourth-order valence-electron chi connectivity index (χ4n) is 3.44. The van der Waals surface area contributed by atoms with Gasteiger partial charge in [0.15, 0.2) is 5.96 Å². The standard InChI is InChI=1S/C22H33N5S.HI/c1-23-22(24-11-10-21-5-3-16-28-21)25-17-19-6-8-20(9-7-19)18-27-13-4-12-26(2)14-15-27;/h3,5-9,16H,4,10-15,17-18H2,1-2H3,(H2,23,24,25);1H. The average Bonchev–Trinajstić information content (AvgIpc) is 3.15. The second kappa shape index (κ2) is 13.2. The number of hydrogen-bond donors (Lipinski definition) is 2. The normalized spacial score (nSPS) is 16.1. The molecule has 2 N–H and O–H groups in total. The summed E-state index contributed by atoms with van der Waals surface area (Å²) >= 11 is 1.80. The van der Waals surface area contributed by atoms with E-state index in [0.29, 0.717) is 0 Å². The Morgan fingerprint density at radius 2 is 1.83 bits per heavy atom. The van der Waals surface area contributed by atoms with Crippen molar-refractivity contribution in [3.8, 4) is 0 Å². The van der Waals surface area contributed by atoms with Crippen molar-refractivity contribution in [1.29, 1.82) is 0 Å². The number of hydrogen-bond acceptors (Lipinski definition) is 4. The van der Waals surface area contributed by atoms with Crippen LogP contribution >= 0.6 is 35.3 Å². The van der Waals surface area contributed by atoms with Crippen LogP contribution in [0.5, 0.6) is 0 Å². The zero-order valence-corrected chi connectivity index (χ0v) is 20.7. The number of nitrogens with zero attached hydrogens (tertiary/aromatic N) is 3. The highest BCUT2D eigenvalue weighted by atomic mass is 127. The predicted octanol–water partition coefficient (Wildman–Crippen LogP) is 3.41. The maximum Gasteiger partial charge on any atom is 0.191 e. The molecule has 0 atom stereocenters. The molecular formula is C22H34IN5S. The molecule has 1 aromatic heterocycles. The van der Waals surface area contributed by atoms with Gasteiger partial charge in [-0.05, 0) is 55.6 Å². The van der Waals surface area contributed by atoms with Crippen LogP contribution in [0.4, 0.5) is 0 Å². The van der Waals surface area contributed by atoms with Gasteiger partial charge in [-0.15, -0.1) is 35.3 Å². The van der Waals surface area contributed by atoms with Crippen molar-refractivity contribution in [2.45, 2.75) is 25.9 Å². The second-order valence-corrected chi connectivity index (χ2v) is 8.46. The molecule has 0 spiro atoms. The van der Waals surface area contributed by atoms with Crippen LogP contribution in [-0.2, 0) is 19.5 Å². The summed E-state index contributed by atoms with van der Waals surface area (Å²) in [7, 11) is 4.04. The van der Waals surface area contributed by atoms with Crippen molar-refractivity contribution in [1.82, 2.24) is 20.4 Å². The fourth-order valence-corrected chi connectivity index (χ4v) is 4.15. The van der Waals surface area contributed by atoms with Gasteiger partial charge in [0.25, 0.3) is 0 Å². The summed E-state index contributed by atoms with van der Waals surface area (Å²) in [5, 5.41) is 8.92. The highest BCUT2D eigenvalue weighted by Gasteiger charge is 2.12. The predicted molar refractivity (Wildman–Crippen MR) is 135 cm³/mol. The smallest absolute Gasteiger partial charge is 0.191 e. The van der Waals surface area contributed by atoms with Crippen molar-refractivity contribution in [2.75, 3.05) is 46.8 Å². The maximum absolute atomic E-state index is 4.32. The molecule has 1 aliphatic heterocycles. The summed E-state index contributed by atoms with van der Waals surface area (Å²) in [6.45, 7) is 7.46. The molecule has 0 radical (unpaired) electrons. The molecule has 3 rings (SSSR count). The minimum absolute atomic E-state index is 0. The molecule has 0 bridgehead atoms. The fraction of sp³-hybridized carbons (Fsp3) is 0.500. The van der Waals surface area contributed by atoms with Crippen LogP contribution in [0.25, 0.3) is 0 Å². The van der Waals surface area contributed by atoms with E-state index in [4.69, 9.17) is 0 Å². The lowest BCUT2D eigenvalue weighted by Crippen LogP contribution is -2.37. The van der Waals surface area contributed by atoms with Gasteiger partial charge < -0.3 is 15.5 Å². The Morgan fingerprint density at radius 1 is 1.03 bits per heavy atom. The highest BCUT2D eigenvalue weighted by Crippen LogP contribution is 2.10. The molecule has 1 saturated heterocycles. The third-order valence-electron chi connectivity index (χ3n) is 5.17. The molecule has 2 heterocycles. The average molecular weight is 528 g/mol. The summed E-state index contributed by atoms with van der Waals surface area (Å²) in [5.74, 6) is 0.856. The van der Waals surface area contributed by atoms with Crippen molar-refractivity contribution in [3.05, 3.63) is 57.8 Å². The minimum Gasteiger partial charge on any atom is -0.356 e. The SMILES string of the molecule is CN=C(NCCc1cccs1)NCc1ccc(CN2CCCN(C)CC2)cc1.I. The molecule has 29 heavy (non-hydrogen) atoms. The topological polar surface area (TPSA) is 42.9 Å². The molecule has 1 aromatic carbocycles. The lowest BCUT2D eigenvalue weighted by Gasteiger charge is -2.20. The number of nitrogens with one attached hydrogen (secondary N) is 2. The molecular weight excluding hydrogens is 493 g/mol. The number of guanidine groups is 1. The highest BCUT2D eigenvalue weighted by molar-refractivity contribution is 14.0. The Hall–Kier alpha value is -1.16. The first-order valence-electron chi connectivity index (χ1n) is 10.2. The van der Waals surface area contributed by atoms with E-state index in [2.05, 4.69) is 74.3 Å². The monoisotopic (exact) mass is 527 g/mol. The zero-order valence-electron chi connectivity index (χ0n) is 17.6. The summed E-state index contributed by atoms with van der Waals surface area (Å²) in [5.41, 5.74) is 2.67. The Balaban J connectivity index is 0.00000300. The Bertz CT molecular complexity index is 717. The van der Waals surface area contributed by atoms with E-state index in [1.54, 1.807) is 11.3 Å². The molecule has 2 aromatic rings. The van der Waals surface area contributed by atoms with Crippen molar-refractivity contribution >= 4 is 41.3 Å². The van der Waals surface area contributed by atoms with Crippen LogP contribution in [0.3, 0.4) is 0 Å². The summed E-state index contributed by atoms with van der Waals surface area (Å²) < 4.78 is 0. The number of thiophene rings is 1. The molecule has 1 fully saturated rings. The van der Waals surface area contributed by atoms with Crippen molar-refractivity contribution < 1.29 is 0 Å². The molecule has 0 saturated carbocycles. The molecule has 7 heteroatoms. The third-order valence-corrected chi connectivity index (χ3v) is 6.10. The van der Waals surface area contributed by atoms with Crippen LogP contribution in [0.1, 0.15) is 22.4 Å². The molecule has 0 amide bonds. The van der Waals surface area contributed by atoms with Crippen LogP contribution < -0.4 is 10.6 Å². The van der Waals surface area contributed by atoms with Crippen LogP contribution in [0, 0.1) is 0 Å². The number of aliphatic imine (C=N–C) groups is 1. The first-order chi connectivity index (χ1) is 13.7. The Morgan fingerprint density at radius 3 is 2.55 bits per heavy atom. The van der Waals surface area contributed by atoms with Gasteiger partial charge in [0.05, 0.1) is 0 Å². The zero-order chi connectivity index (χ0) is 19.6. The number of likely N-dealkylation sites (N-methyl/N-ethyl adjacent to an activating group) is 1. The van der Waals surface area contributed by atoms with Gasteiger partial charge in [0, 0.05) is 44.6 Å². The summed E-state index contributed by atoms with van der Waals surface area (Å²) in [6.07, 6.45) is 2.29. The van der Waals surface area contributed by atoms with Gasteiger partial charge in [-0.3, -0.25) is 9.89 Å². The lowest BCUT2D eigenvalue weighted by molar-refractivity contribution is 0.269. The maximum atomic E-state index is 4.32. The van der Waals surface area contributed by atoms with Gasteiger partial charge in [-0.25, -0.2) is 0 Å². The van der Waals surface area contributed by atoms with Crippen LogP contribution in [0.15, 0.2) is 46.8 Å². The molecule has 160 valence electrons. The van der Waals surface area contributed by atoms with Crippen molar-refractivity contribution in [2.24, 2.45) is 4.99 Å². The van der Waals surface area contributed by atoms with Crippen LogP contribution in [-0.4, -0.2) is 62.6 Å². The number of halogens is 1. The van der Waals surface area contributed by atoms with Crippen LogP contribution in [0.2, 0.25) is 0 Å². The quantitative estimate of drug-likeness (QED) is 0.329. The Kier molecular flexibility index (Phi) is 11.0. The van der Waals surface area contributed by atoms with Gasteiger partial charge in [-0.1, -0.05) is 30.3 Å². The second-order valence-electron chi connectivity index (χ2n) is 7.43. The first-order valence-corrected chi connectivity index (χ1v) is 11.1. The van der Waals surface area contributed by atoms with E-state index in [1.165, 1.54) is 42.1 Å². The minimum atomic E-state index is 0.